The minimum Gasteiger partial charge on any atom is -0.376 e. The fourth-order valence-electron chi connectivity index (χ4n) is 4.48. The number of hydrogen-bond acceptors (Lipinski definition) is 3. The fourth-order valence-corrected chi connectivity index (χ4v) is 4.48. The predicted octanol–water partition coefficient (Wildman–Crippen LogP) is 5.39. The minimum absolute atomic E-state index is 0.0747. The first-order chi connectivity index (χ1) is 13.4. The van der Waals surface area contributed by atoms with Gasteiger partial charge in [-0.1, -0.05) is 55.5 Å². The van der Waals surface area contributed by atoms with Crippen LogP contribution in [0.25, 0.3) is 0 Å². The van der Waals surface area contributed by atoms with E-state index < -0.39 is 0 Å². The van der Waals surface area contributed by atoms with Gasteiger partial charge in [-0.3, -0.25) is 4.79 Å². The molecule has 2 aromatic rings. The van der Waals surface area contributed by atoms with E-state index >= 15 is 0 Å². The molecule has 1 aliphatic heterocycles. The third kappa shape index (κ3) is 5.02. The summed E-state index contributed by atoms with van der Waals surface area (Å²) in [7, 11) is 0. The molecule has 1 fully saturated rings. The minimum atomic E-state index is -0.134. The highest BCUT2D eigenvalue weighted by Gasteiger charge is 2.42. The standard InChI is InChI=1S/C25H33NO2/c1-4-23(27)19-26(22-13-9-6-10-14-22)17-15-25(21-11-7-5-8-12-21)16-18-28-24(2,3)20-25/h5-14H,4,15-20H2,1-3H3. The molecule has 0 aromatic heterocycles. The van der Waals surface area contributed by atoms with Crippen LogP contribution in [-0.4, -0.2) is 31.1 Å². The summed E-state index contributed by atoms with van der Waals surface area (Å²) in [6, 6.07) is 21.2. The number of ether oxygens (including phenoxy) is 1. The van der Waals surface area contributed by atoms with E-state index in [2.05, 4.69) is 61.2 Å². The van der Waals surface area contributed by atoms with Crippen LogP contribution in [0.4, 0.5) is 5.69 Å². The van der Waals surface area contributed by atoms with Crippen LogP contribution in [0.15, 0.2) is 60.7 Å². The van der Waals surface area contributed by atoms with Gasteiger partial charge in [0, 0.05) is 30.7 Å². The summed E-state index contributed by atoms with van der Waals surface area (Å²) in [4.78, 5) is 14.5. The number of Topliss-reactive ketones (excluding diaryl/α,β-unsaturated/α-hetero) is 1. The molecular formula is C25H33NO2. The van der Waals surface area contributed by atoms with E-state index in [1.54, 1.807) is 0 Å². The van der Waals surface area contributed by atoms with Crippen LogP contribution >= 0.6 is 0 Å². The maximum Gasteiger partial charge on any atom is 0.151 e. The van der Waals surface area contributed by atoms with Crippen LogP contribution in [-0.2, 0) is 14.9 Å². The van der Waals surface area contributed by atoms with Crippen LogP contribution in [0, 0.1) is 0 Å². The van der Waals surface area contributed by atoms with E-state index in [1.165, 1.54) is 5.56 Å². The maximum absolute atomic E-state index is 12.2. The number of carbonyl (C=O) groups excluding carboxylic acids is 1. The molecule has 1 unspecified atom stereocenters. The highest BCUT2D eigenvalue weighted by molar-refractivity contribution is 5.83. The molecule has 0 N–H and O–H groups in total. The molecule has 0 amide bonds. The Hall–Kier alpha value is -2.13. The van der Waals surface area contributed by atoms with E-state index in [1.807, 2.05) is 25.1 Å². The second-order valence-corrected chi connectivity index (χ2v) is 8.58. The van der Waals surface area contributed by atoms with Crippen LogP contribution in [0.2, 0.25) is 0 Å². The van der Waals surface area contributed by atoms with Gasteiger partial charge in [-0.25, -0.2) is 0 Å². The van der Waals surface area contributed by atoms with Crippen molar-refractivity contribution in [3.63, 3.8) is 0 Å². The number of benzene rings is 2. The molecule has 0 radical (unpaired) electrons. The Morgan fingerprint density at radius 3 is 2.29 bits per heavy atom. The van der Waals surface area contributed by atoms with E-state index in [0.717, 1.165) is 38.1 Å². The summed E-state index contributed by atoms with van der Waals surface area (Å²) in [6.07, 6.45) is 3.60. The van der Waals surface area contributed by atoms with E-state index in [0.29, 0.717) is 13.0 Å². The van der Waals surface area contributed by atoms with E-state index in [4.69, 9.17) is 4.74 Å². The lowest BCUT2D eigenvalue weighted by molar-refractivity contribution is -0.117. The highest BCUT2D eigenvalue weighted by Crippen LogP contribution is 2.44. The molecule has 2 aromatic carbocycles. The molecule has 3 nitrogen and oxygen atoms in total. The first kappa shape index (κ1) is 20.6. The number of ketones is 1. The summed E-state index contributed by atoms with van der Waals surface area (Å²) >= 11 is 0. The lowest BCUT2D eigenvalue weighted by Crippen LogP contribution is -2.46. The first-order valence-electron chi connectivity index (χ1n) is 10.5. The van der Waals surface area contributed by atoms with Crippen LogP contribution in [0.3, 0.4) is 0 Å². The van der Waals surface area contributed by atoms with Gasteiger partial charge in [0.1, 0.15) is 0 Å². The molecule has 3 rings (SSSR count). The number of carbonyl (C=O) groups is 1. The lowest BCUT2D eigenvalue weighted by atomic mass is 9.67. The molecule has 1 aliphatic rings. The van der Waals surface area contributed by atoms with Crippen molar-refractivity contribution in [3.05, 3.63) is 66.2 Å². The zero-order valence-electron chi connectivity index (χ0n) is 17.5. The quantitative estimate of drug-likeness (QED) is 0.616. The zero-order chi connectivity index (χ0) is 20.0. The van der Waals surface area contributed by atoms with Gasteiger partial charge in [-0.05, 0) is 50.8 Å². The van der Waals surface area contributed by atoms with Crippen molar-refractivity contribution in [1.29, 1.82) is 0 Å². The van der Waals surface area contributed by atoms with Crippen molar-refractivity contribution in [2.24, 2.45) is 0 Å². The Morgan fingerprint density at radius 2 is 1.68 bits per heavy atom. The van der Waals surface area contributed by atoms with Crippen molar-refractivity contribution in [2.45, 2.75) is 57.5 Å². The van der Waals surface area contributed by atoms with Crippen LogP contribution < -0.4 is 4.90 Å². The highest BCUT2D eigenvalue weighted by atomic mass is 16.5. The molecule has 0 spiro atoms. The largest absolute Gasteiger partial charge is 0.376 e. The third-order valence-electron chi connectivity index (χ3n) is 5.97. The molecule has 3 heteroatoms. The number of para-hydroxylation sites is 1. The normalized spacial score (nSPS) is 21.2. The molecular weight excluding hydrogens is 346 g/mol. The first-order valence-corrected chi connectivity index (χ1v) is 10.5. The van der Waals surface area contributed by atoms with Gasteiger partial charge in [0.15, 0.2) is 5.78 Å². The number of nitrogens with zero attached hydrogens (tertiary/aromatic N) is 1. The number of anilines is 1. The zero-order valence-corrected chi connectivity index (χ0v) is 17.5. The molecule has 1 heterocycles. The smallest absolute Gasteiger partial charge is 0.151 e. The molecule has 1 saturated heterocycles. The molecule has 28 heavy (non-hydrogen) atoms. The molecule has 0 bridgehead atoms. The average Bonchev–Trinajstić information content (AvgIpc) is 2.71. The van der Waals surface area contributed by atoms with E-state index in [-0.39, 0.29) is 16.8 Å². The van der Waals surface area contributed by atoms with Gasteiger partial charge < -0.3 is 9.64 Å². The lowest BCUT2D eigenvalue weighted by Gasteiger charge is -2.46. The summed E-state index contributed by atoms with van der Waals surface area (Å²) in [5.41, 5.74) is 2.45. The SMILES string of the molecule is CCC(=O)CN(CCC1(c2ccccc2)CCOC(C)(C)C1)c1ccccc1. The van der Waals surface area contributed by atoms with Crippen molar-refractivity contribution in [1.82, 2.24) is 0 Å². The monoisotopic (exact) mass is 379 g/mol. The summed E-state index contributed by atoms with van der Waals surface area (Å²) < 4.78 is 6.05. The van der Waals surface area contributed by atoms with Crippen molar-refractivity contribution < 1.29 is 9.53 Å². The molecule has 150 valence electrons. The second-order valence-electron chi connectivity index (χ2n) is 8.58. The van der Waals surface area contributed by atoms with Crippen molar-refractivity contribution >= 4 is 11.5 Å². The van der Waals surface area contributed by atoms with Crippen molar-refractivity contribution in [2.75, 3.05) is 24.6 Å². The van der Waals surface area contributed by atoms with Gasteiger partial charge in [-0.15, -0.1) is 0 Å². The van der Waals surface area contributed by atoms with Gasteiger partial charge in [0.25, 0.3) is 0 Å². The van der Waals surface area contributed by atoms with Gasteiger partial charge >= 0.3 is 0 Å². The summed E-state index contributed by atoms with van der Waals surface area (Å²) in [6.45, 7) is 8.45. The topological polar surface area (TPSA) is 29.5 Å². The molecule has 1 atom stereocenters. The van der Waals surface area contributed by atoms with Gasteiger partial charge in [0.05, 0.1) is 12.1 Å². The summed E-state index contributed by atoms with van der Waals surface area (Å²) in [5.74, 6) is 0.282. The summed E-state index contributed by atoms with van der Waals surface area (Å²) in [5, 5.41) is 0. The fraction of sp³-hybridized carbons (Fsp3) is 0.480. The van der Waals surface area contributed by atoms with E-state index in [9.17, 15) is 4.79 Å². The Morgan fingerprint density at radius 1 is 1.04 bits per heavy atom. The van der Waals surface area contributed by atoms with Crippen molar-refractivity contribution in [3.8, 4) is 0 Å². The van der Waals surface area contributed by atoms with Crippen LogP contribution in [0.5, 0.6) is 0 Å². The maximum atomic E-state index is 12.2. The Balaban J connectivity index is 1.86. The van der Waals surface area contributed by atoms with Gasteiger partial charge in [0.2, 0.25) is 0 Å². The number of hydrogen-bond donors (Lipinski definition) is 0. The van der Waals surface area contributed by atoms with Gasteiger partial charge in [-0.2, -0.15) is 0 Å². The average molecular weight is 380 g/mol. The Labute approximate surface area is 169 Å². The molecule has 0 saturated carbocycles. The number of rotatable bonds is 8. The molecule has 0 aliphatic carbocycles. The Kier molecular flexibility index (Phi) is 6.56. The Bertz CT molecular complexity index is 757. The second kappa shape index (κ2) is 8.91. The third-order valence-corrected chi connectivity index (χ3v) is 5.97. The predicted molar refractivity (Wildman–Crippen MR) is 116 cm³/mol. The van der Waals surface area contributed by atoms with Crippen LogP contribution in [0.1, 0.15) is 52.0 Å².